The van der Waals surface area contributed by atoms with Gasteiger partial charge in [0.25, 0.3) is 20.2 Å². The van der Waals surface area contributed by atoms with Gasteiger partial charge in [-0.2, -0.15) is 16.8 Å². The maximum Gasteiger partial charge on any atom is 0.294 e. The Hall–Kier alpha value is -0.776. The molecule has 0 aromatic heterocycles. The van der Waals surface area contributed by atoms with Gasteiger partial charge in [0, 0.05) is 43.7 Å². The molecule has 1 radical (unpaired) electrons. The van der Waals surface area contributed by atoms with E-state index < -0.39 is 41.5 Å². The number of phenols is 1. The molecule has 22 heavy (non-hydrogen) atoms. The minimum Gasteiger partial charge on any atom is -0.698 e. The number of hydrogen-bond donors (Lipinski definition) is 3. The van der Waals surface area contributed by atoms with Crippen LogP contribution in [0.5, 0.6) is 5.75 Å². The molecular formula is C11H10NO7S2Y-. The fraction of sp³-hybridized carbons (Fsp3) is 0.0909. The molecule has 0 saturated carbocycles. The smallest absolute Gasteiger partial charge is 0.294 e. The molecule has 0 unspecified atom stereocenters. The van der Waals surface area contributed by atoms with E-state index in [-0.39, 0.29) is 49.0 Å². The number of fused-ring (bicyclic) bond motifs is 1. The van der Waals surface area contributed by atoms with E-state index in [4.69, 9.17) is 14.8 Å². The monoisotopic (exact) mass is 421 g/mol. The molecule has 0 saturated heterocycles. The van der Waals surface area contributed by atoms with Crippen LogP contribution in [-0.4, -0.2) is 31.0 Å². The first-order valence-electron chi connectivity index (χ1n) is 5.40. The fourth-order valence-electron chi connectivity index (χ4n) is 1.99. The van der Waals surface area contributed by atoms with Gasteiger partial charge in [-0.1, -0.05) is 6.07 Å². The molecular weight excluding hydrogens is 411 g/mol. The van der Waals surface area contributed by atoms with E-state index in [0.717, 1.165) is 18.2 Å². The average molecular weight is 421 g/mol. The Morgan fingerprint density at radius 1 is 1.00 bits per heavy atom. The number of phenolic OH excluding ortho intramolecular Hbond substituents is 1. The van der Waals surface area contributed by atoms with Gasteiger partial charge < -0.3 is 10.8 Å². The summed E-state index contributed by atoms with van der Waals surface area (Å²) in [4.78, 5) is -1.23. The van der Waals surface area contributed by atoms with Crippen molar-refractivity contribution >= 4 is 36.7 Å². The van der Waals surface area contributed by atoms with Crippen molar-refractivity contribution in [1.82, 2.24) is 0 Å². The van der Waals surface area contributed by atoms with Crippen molar-refractivity contribution in [3.63, 3.8) is 0 Å². The van der Waals surface area contributed by atoms with Crippen LogP contribution in [0.4, 0.5) is 5.69 Å². The molecule has 117 valence electrons. The van der Waals surface area contributed by atoms with Crippen LogP contribution in [0.2, 0.25) is 0 Å². The van der Waals surface area contributed by atoms with E-state index in [1.807, 2.05) is 0 Å². The van der Waals surface area contributed by atoms with Crippen LogP contribution in [0.3, 0.4) is 0 Å². The summed E-state index contributed by atoms with van der Waals surface area (Å²) in [7, 11) is -9.24. The van der Waals surface area contributed by atoms with E-state index in [9.17, 15) is 21.9 Å². The summed E-state index contributed by atoms with van der Waals surface area (Å²) in [6.45, 7) is 1.23. The number of aromatic hydroxyl groups is 1. The van der Waals surface area contributed by atoms with Crippen molar-refractivity contribution in [2.45, 2.75) is 16.7 Å². The molecule has 0 bridgehead atoms. The van der Waals surface area contributed by atoms with E-state index in [2.05, 4.69) is 0 Å². The van der Waals surface area contributed by atoms with Crippen LogP contribution in [0.25, 0.3) is 16.5 Å². The summed E-state index contributed by atoms with van der Waals surface area (Å²) in [5.41, 5.74) is 7.12. The minimum atomic E-state index is -4.64. The molecule has 2 rings (SSSR count). The van der Waals surface area contributed by atoms with Gasteiger partial charge in [-0.05, 0) is 24.4 Å². The van der Waals surface area contributed by atoms with Crippen LogP contribution in [0.1, 0.15) is 5.56 Å². The third-order valence-electron chi connectivity index (χ3n) is 2.97. The van der Waals surface area contributed by atoms with Crippen LogP contribution < -0.4 is 0 Å². The quantitative estimate of drug-likeness (QED) is 0.627. The zero-order valence-electron chi connectivity index (χ0n) is 11.1. The zero-order valence-corrected chi connectivity index (χ0v) is 15.6. The van der Waals surface area contributed by atoms with Gasteiger partial charge in [0.1, 0.15) is 10.6 Å². The first kappa shape index (κ1) is 19.3. The Balaban J connectivity index is 0.00000242. The molecule has 4 N–H and O–H groups in total. The largest absolute Gasteiger partial charge is 0.698 e. The Morgan fingerprint density at radius 3 is 2.00 bits per heavy atom. The maximum absolute atomic E-state index is 11.2. The van der Waals surface area contributed by atoms with Crippen molar-refractivity contribution in [3.8, 4) is 5.75 Å². The number of rotatable bonds is 2. The third-order valence-corrected chi connectivity index (χ3v) is 4.78. The van der Waals surface area contributed by atoms with Crippen LogP contribution in [-0.2, 0) is 52.9 Å². The maximum atomic E-state index is 11.2. The van der Waals surface area contributed by atoms with Crippen LogP contribution in [0.15, 0.2) is 28.0 Å². The second kappa shape index (κ2) is 6.02. The van der Waals surface area contributed by atoms with E-state index in [1.165, 1.54) is 6.92 Å². The van der Waals surface area contributed by atoms with Gasteiger partial charge in [-0.25, -0.2) is 0 Å². The first-order valence-corrected chi connectivity index (χ1v) is 8.28. The molecule has 0 spiro atoms. The zero-order chi connectivity index (χ0) is 16.2. The van der Waals surface area contributed by atoms with Gasteiger partial charge in [0.05, 0.1) is 4.90 Å². The van der Waals surface area contributed by atoms with Gasteiger partial charge in [-0.15, -0.1) is 5.69 Å². The number of nitrogens with one attached hydrogen (secondary N) is 1. The summed E-state index contributed by atoms with van der Waals surface area (Å²) in [5.74, 6) is -0.563. The molecule has 0 heterocycles. The molecule has 0 fully saturated rings. The topological polar surface area (TPSA) is 153 Å². The predicted octanol–water partition coefficient (Wildman–Crippen LogP) is 2.03. The van der Waals surface area contributed by atoms with Gasteiger partial charge in [0.15, 0.2) is 0 Å². The third kappa shape index (κ3) is 3.42. The number of hydrogen-bond acceptors (Lipinski definition) is 5. The van der Waals surface area contributed by atoms with Crippen molar-refractivity contribution in [2.75, 3.05) is 0 Å². The number of benzene rings is 2. The van der Waals surface area contributed by atoms with Crippen molar-refractivity contribution in [3.05, 3.63) is 29.5 Å². The van der Waals surface area contributed by atoms with Gasteiger partial charge >= 0.3 is 0 Å². The standard InChI is InChI=1S/C11H10NO7S2.Y/c1-5-9(21(17,18)19)3-6-2-7(20(14,15)16)4-8(12)10(6)11(5)13;/h2-4,12-13H,1H3,(H,14,15,16)(H,17,18,19);/q-1;. The summed E-state index contributed by atoms with van der Waals surface area (Å²) >= 11 is 0. The normalized spacial score (nSPS) is 12.1. The summed E-state index contributed by atoms with van der Waals surface area (Å²) in [5, 5.41) is 9.76. The van der Waals surface area contributed by atoms with Crippen LogP contribution in [0, 0.1) is 6.92 Å². The second-order valence-electron chi connectivity index (χ2n) is 4.37. The second-order valence-corrected chi connectivity index (χ2v) is 7.18. The van der Waals surface area contributed by atoms with Crippen LogP contribution >= 0.6 is 0 Å². The van der Waals surface area contributed by atoms with Crippen molar-refractivity contribution in [1.29, 1.82) is 0 Å². The average Bonchev–Trinajstić information content (AvgIpc) is 2.30. The Kier molecular flexibility index (Phi) is 5.28. The molecule has 0 aliphatic rings. The summed E-state index contributed by atoms with van der Waals surface area (Å²) in [6, 6.07) is 2.65. The molecule has 0 aliphatic heterocycles. The first-order chi connectivity index (χ1) is 9.43. The molecule has 0 aliphatic carbocycles. The van der Waals surface area contributed by atoms with E-state index in [1.54, 1.807) is 0 Å². The van der Waals surface area contributed by atoms with E-state index in [0.29, 0.717) is 0 Å². The fourth-order valence-corrected chi connectivity index (χ4v) is 3.29. The Morgan fingerprint density at radius 2 is 1.55 bits per heavy atom. The van der Waals surface area contributed by atoms with Crippen molar-refractivity contribution in [2.24, 2.45) is 0 Å². The van der Waals surface area contributed by atoms with Crippen molar-refractivity contribution < 1.29 is 63.8 Å². The van der Waals surface area contributed by atoms with E-state index >= 15 is 0 Å². The summed E-state index contributed by atoms with van der Waals surface area (Å²) in [6.07, 6.45) is 0. The molecule has 2 aromatic carbocycles. The molecule has 8 nitrogen and oxygen atoms in total. The Labute approximate surface area is 151 Å². The Bertz CT molecular complexity index is 968. The molecule has 0 atom stereocenters. The SMILES string of the molecule is Cc1c(S(=O)(=O)O)cc2cc(S(=O)(=O)O)cc([NH-])c2c1O.[Y]. The minimum absolute atomic E-state index is 0. The van der Waals surface area contributed by atoms with Gasteiger partial charge in [-0.3, -0.25) is 9.11 Å². The molecule has 2 aromatic rings. The molecule has 11 heteroatoms. The van der Waals surface area contributed by atoms with Gasteiger partial charge in [0.2, 0.25) is 0 Å². The predicted molar refractivity (Wildman–Crippen MR) is 74.0 cm³/mol. The molecule has 0 amide bonds. The summed E-state index contributed by atoms with van der Waals surface area (Å²) < 4.78 is 62.8.